The average molecular weight is 424 g/mol. The van der Waals surface area contributed by atoms with Gasteiger partial charge in [-0.3, -0.25) is 4.79 Å². The maximum Gasteiger partial charge on any atom is 0.387 e. The van der Waals surface area contributed by atoms with Gasteiger partial charge in [0, 0.05) is 23.9 Å². The molecule has 2 aromatic rings. The summed E-state index contributed by atoms with van der Waals surface area (Å²) in [7, 11) is 0. The number of carbonyl (C=O) groups excluding carboxylic acids is 1. The lowest BCUT2D eigenvalue weighted by atomic mass is 10.1. The highest BCUT2D eigenvalue weighted by Gasteiger charge is 2.25. The monoisotopic (exact) mass is 424 g/mol. The number of anilines is 1. The first-order valence-electron chi connectivity index (χ1n) is 8.63. The van der Waals surface area contributed by atoms with Crippen LogP contribution in [0.1, 0.15) is 19.4 Å². The third-order valence-corrected chi connectivity index (χ3v) is 3.82. The van der Waals surface area contributed by atoms with Crippen molar-refractivity contribution in [2.24, 2.45) is 16.5 Å². The number of nitrogens with two attached hydrogens (primary N) is 2. The number of ether oxygens (including phenoxy) is 1. The summed E-state index contributed by atoms with van der Waals surface area (Å²) in [6.07, 6.45) is 0. The summed E-state index contributed by atoms with van der Waals surface area (Å²) in [4.78, 5) is 16.7. The minimum atomic E-state index is -3.08. The Labute approximate surface area is 170 Å². The molecule has 0 aliphatic heterocycles. The molecule has 0 saturated carbocycles. The van der Waals surface area contributed by atoms with E-state index in [1.54, 1.807) is 0 Å². The summed E-state index contributed by atoms with van der Waals surface area (Å²) in [6, 6.07) is 10.4. The van der Waals surface area contributed by atoms with Crippen molar-refractivity contribution in [3.63, 3.8) is 0 Å². The summed E-state index contributed by atoms with van der Waals surface area (Å²) in [5.74, 6) is -4.14. The summed E-state index contributed by atoms with van der Waals surface area (Å²) in [5.41, 5.74) is 11.7. The average Bonchev–Trinajstić information content (AvgIpc) is 2.62. The first kappa shape index (κ1) is 22.7. The van der Waals surface area contributed by atoms with Gasteiger partial charge in [-0.05, 0) is 43.3 Å². The number of rotatable bonds is 7. The molecule has 0 unspecified atom stereocenters. The Balaban J connectivity index is 2.24. The molecule has 0 spiro atoms. The first-order valence-corrected chi connectivity index (χ1v) is 8.63. The highest BCUT2D eigenvalue weighted by molar-refractivity contribution is 6.25. The lowest BCUT2D eigenvalue weighted by Crippen LogP contribution is -2.29. The van der Waals surface area contributed by atoms with E-state index in [1.165, 1.54) is 49.4 Å². The standard InChI is InChI=1S/C20H20F4N4O2/c1-11(25)16(17(26)27-13-6-8-15(9-7-13)30-19(21)22)18(29)28-14-5-3-4-12(10-14)20(2,23)24/h3-10,19H,25H2,1-2H3,(H2,26,27)(H,28,29). The molecule has 0 saturated heterocycles. The lowest BCUT2D eigenvalue weighted by Gasteiger charge is -2.14. The van der Waals surface area contributed by atoms with Gasteiger partial charge < -0.3 is 21.5 Å². The van der Waals surface area contributed by atoms with Crippen molar-refractivity contribution in [2.75, 3.05) is 5.32 Å². The van der Waals surface area contributed by atoms with Crippen molar-refractivity contribution in [1.29, 1.82) is 0 Å². The van der Waals surface area contributed by atoms with Crippen molar-refractivity contribution >= 4 is 23.1 Å². The zero-order valence-electron chi connectivity index (χ0n) is 16.1. The number of carbonyl (C=O) groups is 1. The van der Waals surface area contributed by atoms with Gasteiger partial charge in [0.25, 0.3) is 11.8 Å². The Morgan fingerprint density at radius 2 is 1.77 bits per heavy atom. The van der Waals surface area contributed by atoms with Gasteiger partial charge >= 0.3 is 6.61 Å². The SMILES string of the molecule is CC(N)=C(C(=O)Nc1cccc(C(C)(F)F)c1)C(N)=Nc1ccc(OC(F)F)cc1. The molecule has 0 radical (unpaired) electrons. The van der Waals surface area contributed by atoms with Crippen LogP contribution in [0.5, 0.6) is 5.75 Å². The van der Waals surface area contributed by atoms with E-state index in [0.29, 0.717) is 0 Å². The fraction of sp³-hybridized carbons (Fsp3) is 0.200. The molecule has 0 bridgehead atoms. The van der Waals surface area contributed by atoms with Gasteiger partial charge in [-0.25, -0.2) is 13.8 Å². The highest BCUT2D eigenvalue weighted by atomic mass is 19.3. The van der Waals surface area contributed by atoms with Crippen LogP contribution in [0.15, 0.2) is 64.8 Å². The summed E-state index contributed by atoms with van der Waals surface area (Å²) in [5, 5.41) is 2.46. The fourth-order valence-corrected chi connectivity index (χ4v) is 2.46. The van der Waals surface area contributed by atoms with E-state index in [1.807, 2.05) is 0 Å². The van der Waals surface area contributed by atoms with Gasteiger partial charge in [-0.2, -0.15) is 8.78 Å². The van der Waals surface area contributed by atoms with Gasteiger partial charge in [0.2, 0.25) is 0 Å². The molecule has 0 aromatic heterocycles. The van der Waals surface area contributed by atoms with E-state index in [4.69, 9.17) is 11.5 Å². The van der Waals surface area contributed by atoms with Crippen LogP contribution in [-0.4, -0.2) is 18.4 Å². The van der Waals surface area contributed by atoms with Crippen molar-refractivity contribution < 1.29 is 27.1 Å². The van der Waals surface area contributed by atoms with E-state index in [0.717, 1.165) is 13.0 Å². The van der Waals surface area contributed by atoms with Gasteiger partial charge in [0.1, 0.15) is 17.2 Å². The molecule has 0 atom stereocenters. The van der Waals surface area contributed by atoms with E-state index < -0.39 is 18.4 Å². The number of alkyl halides is 4. The molecule has 160 valence electrons. The van der Waals surface area contributed by atoms with Crippen LogP contribution >= 0.6 is 0 Å². The van der Waals surface area contributed by atoms with Gasteiger partial charge in [-0.15, -0.1) is 0 Å². The topological polar surface area (TPSA) is 103 Å². The molecule has 1 amide bonds. The van der Waals surface area contributed by atoms with Crippen LogP contribution in [0.4, 0.5) is 28.9 Å². The van der Waals surface area contributed by atoms with Crippen LogP contribution in [0.25, 0.3) is 0 Å². The molecule has 0 aliphatic carbocycles. The summed E-state index contributed by atoms with van der Waals surface area (Å²) >= 11 is 0. The van der Waals surface area contributed by atoms with E-state index in [-0.39, 0.29) is 39.8 Å². The Morgan fingerprint density at radius 3 is 2.30 bits per heavy atom. The molecule has 30 heavy (non-hydrogen) atoms. The number of hydrogen-bond acceptors (Lipinski definition) is 4. The number of hydrogen-bond donors (Lipinski definition) is 3. The minimum absolute atomic E-state index is 0.0448. The fourth-order valence-electron chi connectivity index (χ4n) is 2.46. The second kappa shape index (κ2) is 9.29. The van der Waals surface area contributed by atoms with Gasteiger partial charge in [-0.1, -0.05) is 12.1 Å². The first-order chi connectivity index (χ1) is 14.0. The Hall–Kier alpha value is -3.56. The summed E-state index contributed by atoms with van der Waals surface area (Å²) in [6.45, 7) is -0.798. The molecule has 6 nitrogen and oxygen atoms in total. The number of allylic oxidation sites excluding steroid dienone is 1. The Bertz CT molecular complexity index is 964. The van der Waals surface area contributed by atoms with Crippen molar-refractivity contribution in [3.8, 4) is 5.75 Å². The normalized spacial score (nSPS) is 13.1. The maximum atomic E-state index is 13.5. The molecule has 0 heterocycles. The number of nitrogens with one attached hydrogen (secondary N) is 1. The van der Waals surface area contributed by atoms with E-state index >= 15 is 0 Å². The van der Waals surface area contributed by atoms with Gasteiger partial charge in [0.05, 0.1) is 5.69 Å². The second-order valence-electron chi connectivity index (χ2n) is 6.35. The van der Waals surface area contributed by atoms with Gasteiger partial charge in [0.15, 0.2) is 0 Å². The molecule has 0 fully saturated rings. The minimum Gasteiger partial charge on any atom is -0.435 e. The zero-order chi connectivity index (χ0) is 22.5. The molecular formula is C20H20F4N4O2. The number of benzene rings is 2. The second-order valence-corrected chi connectivity index (χ2v) is 6.35. The molecule has 0 aliphatic rings. The molecule has 10 heteroatoms. The number of nitrogens with zero attached hydrogens (tertiary/aromatic N) is 1. The molecule has 5 N–H and O–H groups in total. The van der Waals surface area contributed by atoms with E-state index in [9.17, 15) is 22.4 Å². The van der Waals surface area contributed by atoms with Crippen LogP contribution in [0.2, 0.25) is 0 Å². The number of aliphatic imine (C=N–C) groups is 1. The smallest absolute Gasteiger partial charge is 0.387 e. The zero-order valence-corrected chi connectivity index (χ0v) is 16.1. The molecular weight excluding hydrogens is 404 g/mol. The summed E-state index contributed by atoms with van der Waals surface area (Å²) < 4.78 is 55.6. The van der Waals surface area contributed by atoms with Crippen LogP contribution in [0.3, 0.4) is 0 Å². The number of amidine groups is 1. The van der Waals surface area contributed by atoms with Crippen molar-refractivity contribution in [3.05, 3.63) is 65.4 Å². The van der Waals surface area contributed by atoms with Crippen LogP contribution in [0, 0.1) is 0 Å². The molecule has 2 aromatic carbocycles. The third-order valence-electron chi connectivity index (χ3n) is 3.82. The van der Waals surface area contributed by atoms with Crippen LogP contribution < -0.4 is 21.5 Å². The van der Waals surface area contributed by atoms with Crippen molar-refractivity contribution in [1.82, 2.24) is 0 Å². The largest absolute Gasteiger partial charge is 0.435 e. The lowest BCUT2D eigenvalue weighted by molar-refractivity contribution is -0.112. The molecule has 2 rings (SSSR count). The Morgan fingerprint density at radius 1 is 1.13 bits per heavy atom. The number of amides is 1. The van der Waals surface area contributed by atoms with Crippen molar-refractivity contribution in [2.45, 2.75) is 26.4 Å². The Kier molecular flexibility index (Phi) is 7.04. The highest BCUT2D eigenvalue weighted by Crippen LogP contribution is 2.28. The quantitative estimate of drug-likeness (QED) is 0.267. The predicted molar refractivity (Wildman–Crippen MR) is 106 cm³/mol. The third kappa shape index (κ3) is 6.23. The predicted octanol–water partition coefficient (Wildman–Crippen LogP) is 4.26. The van der Waals surface area contributed by atoms with Crippen LogP contribution in [-0.2, 0) is 10.7 Å². The van der Waals surface area contributed by atoms with E-state index in [2.05, 4.69) is 15.0 Å². The maximum absolute atomic E-state index is 13.5. The number of halogens is 4.